The van der Waals surface area contributed by atoms with Gasteiger partial charge in [-0.1, -0.05) is 27.5 Å². The largest absolute Gasteiger partial charge is 0.456 e. The Balaban J connectivity index is 2.45. The minimum atomic E-state index is 0.199. The van der Waals surface area contributed by atoms with Crippen molar-refractivity contribution in [1.29, 1.82) is 0 Å². The first-order valence-corrected chi connectivity index (χ1v) is 8.00. The Morgan fingerprint density at radius 2 is 1.76 bits per heavy atom. The van der Waals surface area contributed by atoms with Crippen LogP contribution in [0, 0.1) is 13.8 Å². The van der Waals surface area contributed by atoms with Crippen LogP contribution >= 0.6 is 27.5 Å². The summed E-state index contributed by atoms with van der Waals surface area (Å²) in [5.41, 5.74) is 3.18. The van der Waals surface area contributed by atoms with Gasteiger partial charge in [0.05, 0.1) is 0 Å². The second-order valence-electron chi connectivity index (χ2n) is 5.16. The summed E-state index contributed by atoms with van der Waals surface area (Å²) in [5, 5.41) is 3.98. The number of rotatable bonds is 4. The van der Waals surface area contributed by atoms with Crippen molar-refractivity contribution in [3.63, 3.8) is 0 Å². The fourth-order valence-electron chi connectivity index (χ4n) is 2.27. The number of halogens is 2. The van der Waals surface area contributed by atoms with Gasteiger partial charge in [0.1, 0.15) is 11.5 Å². The maximum absolute atomic E-state index is 6.18. The first kappa shape index (κ1) is 16.3. The Morgan fingerprint density at radius 3 is 2.33 bits per heavy atom. The number of aryl methyl sites for hydroxylation is 2. The summed E-state index contributed by atoms with van der Waals surface area (Å²) in [4.78, 5) is 0. The normalized spacial score (nSPS) is 12.3. The zero-order chi connectivity index (χ0) is 15.6. The van der Waals surface area contributed by atoms with E-state index in [2.05, 4.69) is 34.2 Å². The van der Waals surface area contributed by atoms with E-state index in [0.717, 1.165) is 37.7 Å². The molecule has 0 aliphatic heterocycles. The van der Waals surface area contributed by atoms with Gasteiger partial charge in [0.15, 0.2) is 0 Å². The lowest BCUT2D eigenvalue weighted by atomic mass is 10.1. The van der Waals surface area contributed by atoms with E-state index < -0.39 is 0 Å². The molecule has 0 aromatic heterocycles. The molecule has 0 amide bonds. The number of hydrogen-bond acceptors (Lipinski definition) is 2. The standard InChI is InChI=1S/C17H19BrClNO/c1-10-7-14(19)8-11(2)17(10)21-16-6-5-13(18)9-15(16)12(3)20-4/h5-9,12,20H,1-4H3. The van der Waals surface area contributed by atoms with Crippen LogP contribution in [0.5, 0.6) is 11.5 Å². The third kappa shape index (κ3) is 3.79. The third-order valence-electron chi connectivity index (χ3n) is 3.51. The maximum atomic E-state index is 6.18. The zero-order valence-corrected chi connectivity index (χ0v) is 15.0. The van der Waals surface area contributed by atoms with Crippen LogP contribution in [0.1, 0.15) is 29.7 Å². The average molecular weight is 369 g/mol. The van der Waals surface area contributed by atoms with Gasteiger partial charge in [0, 0.05) is 21.1 Å². The summed E-state index contributed by atoms with van der Waals surface area (Å²) in [6.45, 7) is 6.12. The minimum absolute atomic E-state index is 0.199. The van der Waals surface area contributed by atoms with Gasteiger partial charge in [-0.05, 0) is 69.3 Å². The molecule has 21 heavy (non-hydrogen) atoms. The minimum Gasteiger partial charge on any atom is -0.456 e. The SMILES string of the molecule is CNC(C)c1cc(Br)ccc1Oc1c(C)cc(Cl)cc1C. The molecule has 1 unspecified atom stereocenters. The van der Waals surface area contributed by atoms with E-state index in [-0.39, 0.29) is 6.04 Å². The monoisotopic (exact) mass is 367 g/mol. The Labute approximate surface area is 139 Å². The molecule has 0 aliphatic carbocycles. The van der Waals surface area contributed by atoms with Crippen molar-refractivity contribution in [2.24, 2.45) is 0 Å². The van der Waals surface area contributed by atoms with Gasteiger partial charge in [-0.25, -0.2) is 0 Å². The molecule has 0 fully saturated rings. The highest BCUT2D eigenvalue weighted by molar-refractivity contribution is 9.10. The van der Waals surface area contributed by atoms with Gasteiger partial charge in [0.2, 0.25) is 0 Å². The Hall–Kier alpha value is -1.03. The fourth-order valence-corrected chi connectivity index (χ4v) is 2.98. The van der Waals surface area contributed by atoms with Crippen molar-refractivity contribution in [2.45, 2.75) is 26.8 Å². The summed E-state index contributed by atoms with van der Waals surface area (Å²) >= 11 is 9.60. The summed E-state index contributed by atoms with van der Waals surface area (Å²) in [7, 11) is 1.94. The lowest BCUT2D eigenvalue weighted by molar-refractivity contribution is 0.459. The second-order valence-corrected chi connectivity index (χ2v) is 6.52. The molecule has 0 saturated heterocycles. The molecule has 0 aliphatic rings. The summed E-state index contributed by atoms with van der Waals surface area (Å²) in [6, 6.07) is 10.1. The van der Waals surface area contributed by atoms with Crippen molar-refractivity contribution in [1.82, 2.24) is 5.32 Å². The molecule has 0 heterocycles. The summed E-state index contributed by atoms with van der Waals surface area (Å²) in [5.74, 6) is 1.72. The van der Waals surface area contributed by atoms with E-state index in [1.165, 1.54) is 0 Å². The van der Waals surface area contributed by atoms with E-state index in [9.17, 15) is 0 Å². The molecular weight excluding hydrogens is 350 g/mol. The van der Waals surface area contributed by atoms with Crippen LogP contribution in [-0.2, 0) is 0 Å². The van der Waals surface area contributed by atoms with Crippen molar-refractivity contribution in [3.05, 3.63) is 56.5 Å². The first-order chi connectivity index (χ1) is 9.92. The highest BCUT2D eigenvalue weighted by Gasteiger charge is 2.14. The van der Waals surface area contributed by atoms with Crippen LogP contribution in [0.25, 0.3) is 0 Å². The van der Waals surface area contributed by atoms with Crippen molar-refractivity contribution in [3.8, 4) is 11.5 Å². The second kappa shape index (κ2) is 6.82. The molecule has 0 saturated carbocycles. The zero-order valence-electron chi connectivity index (χ0n) is 12.6. The number of hydrogen-bond donors (Lipinski definition) is 1. The van der Waals surface area contributed by atoms with E-state index in [4.69, 9.17) is 16.3 Å². The predicted octanol–water partition coefficient (Wildman–Crippen LogP) is 5.79. The Kier molecular flexibility index (Phi) is 5.31. The molecular formula is C17H19BrClNO. The highest BCUT2D eigenvalue weighted by Crippen LogP contribution is 2.36. The van der Waals surface area contributed by atoms with Gasteiger partial charge < -0.3 is 10.1 Å². The molecule has 2 aromatic carbocycles. The molecule has 2 rings (SSSR count). The Bertz CT molecular complexity index is 634. The van der Waals surface area contributed by atoms with Gasteiger partial charge in [0.25, 0.3) is 0 Å². The Morgan fingerprint density at radius 1 is 1.14 bits per heavy atom. The molecule has 0 bridgehead atoms. The number of benzene rings is 2. The van der Waals surface area contributed by atoms with Gasteiger partial charge in [-0.15, -0.1) is 0 Å². The molecule has 112 valence electrons. The highest BCUT2D eigenvalue weighted by atomic mass is 79.9. The van der Waals surface area contributed by atoms with Gasteiger partial charge in [-0.2, -0.15) is 0 Å². The quantitative estimate of drug-likeness (QED) is 0.737. The lowest BCUT2D eigenvalue weighted by Crippen LogP contribution is -2.13. The van der Waals surface area contributed by atoms with Crippen molar-refractivity contribution < 1.29 is 4.74 Å². The van der Waals surface area contributed by atoms with Crippen LogP contribution < -0.4 is 10.1 Å². The van der Waals surface area contributed by atoms with Crippen molar-refractivity contribution >= 4 is 27.5 Å². The fraction of sp³-hybridized carbons (Fsp3) is 0.294. The van der Waals surface area contributed by atoms with Crippen LogP contribution in [0.3, 0.4) is 0 Å². The van der Waals surface area contributed by atoms with E-state index >= 15 is 0 Å². The number of nitrogens with one attached hydrogen (secondary N) is 1. The molecule has 1 N–H and O–H groups in total. The summed E-state index contributed by atoms with van der Waals surface area (Å²) in [6.07, 6.45) is 0. The van der Waals surface area contributed by atoms with Gasteiger partial charge in [-0.3, -0.25) is 0 Å². The summed E-state index contributed by atoms with van der Waals surface area (Å²) < 4.78 is 7.22. The molecule has 2 nitrogen and oxygen atoms in total. The predicted molar refractivity (Wildman–Crippen MR) is 92.6 cm³/mol. The van der Waals surface area contributed by atoms with Crippen molar-refractivity contribution in [2.75, 3.05) is 7.05 Å². The topological polar surface area (TPSA) is 21.3 Å². The molecule has 4 heteroatoms. The molecule has 0 spiro atoms. The third-order valence-corrected chi connectivity index (χ3v) is 4.22. The van der Waals surface area contributed by atoms with Crippen LogP contribution in [0.15, 0.2) is 34.8 Å². The smallest absolute Gasteiger partial charge is 0.133 e. The van der Waals surface area contributed by atoms with E-state index in [1.54, 1.807) is 0 Å². The molecule has 1 atom stereocenters. The van der Waals surface area contributed by atoms with Crippen LogP contribution in [0.4, 0.5) is 0 Å². The van der Waals surface area contributed by atoms with E-state index in [1.807, 2.05) is 45.2 Å². The van der Waals surface area contributed by atoms with Crippen LogP contribution in [0.2, 0.25) is 5.02 Å². The molecule has 2 aromatic rings. The lowest BCUT2D eigenvalue weighted by Gasteiger charge is -2.19. The molecule has 0 radical (unpaired) electrons. The number of ether oxygens (including phenoxy) is 1. The van der Waals surface area contributed by atoms with Crippen LogP contribution in [-0.4, -0.2) is 7.05 Å². The average Bonchev–Trinajstić information content (AvgIpc) is 2.43. The maximum Gasteiger partial charge on any atom is 0.133 e. The van der Waals surface area contributed by atoms with Gasteiger partial charge >= 0.3 is 0 Å². The van der Waals surface area contributed by atoms with E-state index in [0.29, 0.717) is 0 Å². The first-order valence-electron chi connectivity index (χ1n) is 6.83.